The van der Waals surface area contributed by atoms with Gasteiger partial charge < -0.3 is 9.30 Å². The minimum atomic E-state index is -0.589. The third-order valence-electron chi connectivity index (χ3n) is 3.44. The third-order valence-corrected chi connectivity index (χ3v) is 3.64. The first-order valence-corrected chi connectivity index (χ1v) is 7.01. The number of ketones is 1. The Morgan fingerprint density at radius 1 is 1.33 bits per heavy atom. The lowest BCUT2D eigenvalue weighted by Crippen LogP contribution is -2.12. The molecule has 0 spiro atoms. The highest BCUT2D eigenvalue weighted by atomic mass is 35.5. The van der Waals surface area contributed by atoms with Crippen LogP contribution in [0.1, 0.15) is 28.7 Å². The Kier molecular flexibility index (Phi) is 4.37. The van der Waals surface area contributed by atoms with Crippen molar-refractivity contribution in [2.75, 3.05) is 7.11 Å². The van der Waals surface area contributed by atoms with Gasteiger partial charge >= 0.3 is 0 Å². The van der Waals surface area contributed by atoms with Crippen LogP contribution >= 0.6 is 11.6 Å². The van der Waals surface area contributed by atoms with Crippen molar-refractivity contribution in [3.8, 4) is 11.4 Å². The van der Waals surface area contributed by atoms with Gasteiger partial charge in [0.2, 0.25) is 0 Å². The number of aromatic nitrogens is 1. The zero-order valence-electron chi connectivity index (χ0n) is 12.4. The molecule has 5 heteroatoms. The van der Waals surface area contributed by atoms with E-state index in [9.17, 15) is 9.18 Å². The molecule has 1 aromatic heterocycles. The number of methoxy groups -OCH3 is 1. The number of alkyl halides is 1. The van der Waals surface area contributed by atoms with Gasteiger partial charge in [-0.15, -0.1) is 11.6 Å². The molecule has 21 heavy (non-hydrogen) atoms. The number of carbonyl (C=O) groups is 1. The molecule has 0 saturated heterocycles. The Morgan fingerprint density at radius 2 is 2.00 bits per heavy atom. The zero-order chi connectivity index (χ0) is 15.7. The molecule has 0 aliphatic carbocycles. The van der Waals surface area contributed by atoms with Crippen LogP contribution in [0.15, 0.2) is 24.3 Å². The first-order valence-electron chi connectivity index (χ1n) is 6.58. The molecule has 1 aromatic carbocycles. The number of halogens is 2. The van der Waals surface area contributed by atoms with Gasteiger partial charge in [0.25, 0.3) is 0 Å². The maximum atomic E-state index is 13.3. The highest BCUT2D eigenvalue weighted by Gasteiger charge is 2.21. The van der Waals surface area contributed by atoms with Crippen molar-refractivity contribution in [3.63, 3.8) is 0 Å². The van der Waals surface area contributed by atoms with Crippen molar-refractivity contribution in [3.05, 3.63) is 47.0 Å². The fourth-order valence-electron chi connectivity index (χ4n) is 2.43. The molecule has 0 bridgehead atoms. The Bertz CT molecular complexity index is 692. The van der Waals surface area contributed by atoms with Crippen molar-refractivity contribution in [2.24, 2.45) is 0 Å². The molecule has 0 aliphatic heterocycles. The van der Waals surface area contributed by atoms with Gasteiger partial charge in [-0.25, -0.2) is 4.39 Å². The molecule has 3 nitrogen and oxygen atoms in total. The summed E-state index contributed by atoms with van der Waals surface area (Å²) in [5.74, 6) is -0.0874. The van der Waals surface area contributed by atoms with E-state index in [1.807, 2.05) is 18.4 Å². The highest BCUT2D eigenvalue weighted by Crippen LogP contribution is 2.29. The van der Waals surface area contributed by atoms with Crippen molar-refractivity contribution >= 4 is 17.4 Å². The molecule has 0 fully saturated rings. The second-order valence-electron chi connectivity index (χ2n) is 4.92. The SMILES string of the molecule is COc1cc(F)ccc1-n1c(C)cc(C(=O)C(C)Cl)c1C. The Balaban J connectivity index is 2.63. The molecular formula is C16H17ClFNO2. The number of hydrogen-bond acceptors (Lipinski definition) is 2. The summed E-state index contributed by atoms with van der Waals surface area (Å²) in [5, 5.41) is -0.589. The van der Waals surface area contributed by atoms with Crippen LogP contribution in [-0.2, 0) is 0 Å². The Hall–Kier alpha value is -1.81. The lowest BCUT2D eigenvalue weighted by atomic mass is 10.1. The van der Waals surface area contributed by atoms with Crippen LogP contribution in [0.25, 0.3) is 5.69 Å². The summed E-state index contributed by atoms with van der Waals surface area (Å²) in [7, 11) is 1.49. The molecule has 0 saturated carbocycles. The summed E-state index contributed by atoms with van der Waals surface area (Å²) >= 11 is 5.89. The van der Waals surface area contributed by atoms with E-state index in [0.717, 1.165) is 11.4 Å². The van der Waals surface area contributed by atoms with Gasteiger partial charge in [0.1, 0.15) is 11.6 Å². The molecule has 112 valence electrons. The number of carbonyl (C=O) groups excluding carboxylic acids is 1. The zero-order valence-corrected chi connectivity index (χ0v) is 13.2. The standard InChI is InChI=1S/C16H17ClFNO2/c1-9-7-13(16(20)10(2)17)11(3)19(9)14-6-5-12(18)8-15(14)21-4/h5-8,10H,1-4H3. The van der Waals surface area contributed by atoms with Crippen molar-refractivity contribution in [2.45, 2.75) is 26.1 Å². The van der Waals surface area contributed by atoms with Crippen molar-refractivity contribution in [1.82, 2.24) is 4.57 Å². The molecule has 0 radical (unpaired) electrons. The van der Waals surface area contributed by atoms with E-state index < -0.39 is 5.38 Å². The quantitative estimate of drug-likeness (QED) is 0.630. The Morgan fingerprint density at radius 3 is 2.57 bits per heavy atom. The fourth-order valence-corrected chi connectivity index (χ4v) is 2.55. The Labute approximate surface area is 128 Å². The van der Waals surface area contributed by atoms with Crippen molar-refractivity contribution in [1.29, 1.82) is 0 Å². The summed E-state index contributed by atoms with van der Waals surface area (Å²) in [6.45, 7) is 5.36. The van der Waals surface area contributed by atoms with Crippen LogP contribution in [0.2, 0.25) is 0 Å². The van der Waals surface area contributed by atoms with Crippen LogP contribution < -0.4 is 4.74 Å². The number of aryl methyl sites for hydroxylation is 1. The average molecular weight is 310 g/mol. The van der Waals surface area contributed by atoms with Gasteiger partial charge in [0.05, 0.1) is 18.2 Å². The first kappa shape index (κ1) is 15.6. The van der Waals surface area contributed by atoms with Gasteiger partial charge in [-0.1, -0.05) is 0 Å². The van der Waals surface area contributed by atoms with E-state index in [1.165, 1.54) is 19.2 Å². The van der Waals surface area contributed by atoms with Crippen LogP contribution in [0, 0.1) is 19.7 Å². The van der Waals surface area contributed by atoms with Gasteiger partial charge in [-0.3, -0.25) is 4.79 Å². The van der Waals surface area contributed by atoms with Crippen LogP contribution in [-0.4, -0.2) is 22.8 Å². The molecule has 1 heterocycles. The lowest BCUT2D eigenvalue weighted by Gasteiger charge is -2.14. The number of rotatable bonds is 4. The second-order valence-corrected chi connectivity index (χ2v) is 5.57. The minimum Gasteiger partial charge on any atom is -0.494 e. The fraction of sp³-hybridized carbons (Fsp3) is 0.312. The average Bonchev–Trinajstić information content (AvgIpc) is 2.73. The first-order chi connectivity index (χ1) is 9.86. The van der Waals surface area contributed by atoms with Gasteiger partial charge in [-0.05, 0) is 39.0 Å². The molecule has 1 unspecified atom stereocenters. The van der Waals surface area contributed by atoms with E-state index in [2.05, 4.69) is 0 Å². The summed E-state index contributed by atoms with van der Waals surface area (Å²) in [5.41, 5.74) is 2.88. The van der Waals surface area contributed by atoms with E-state index in [0.29, 0.717) is 17.0 Å². The molecular weight excluding hydrogens is 293 g/mol. The highest BCUT2D eigenvalue weighted by molar-refractivity contribution is 6.33. The largest absolute Gasteiger partial charge is 0.494 e. The maximum absolute atomic E-state index is 13.3. The van der Waals surface area contributed by atoms with E-state index in [1.54, 1.807) is 19.1 Å². The predicted molar refractivity (Wildman–Crippen MR) is 81.4 cm³/mol. The van der Waals surface area contributed by atoms with Gasteiger partial charge in [0.15, 0.2) is 5.78 Å². The molecule has 2 aromatic rings. The van der Waals surface area contributed by atoms with E-state index >= 15 is 0 Å². The molecule has 2 rings (SSSR count). The summed E-state index contributed by atoms with van der Waals surface area (Å²) in [6.07, 6.45) is 0. The topological polar surface area (TPSA) is 31.2 Å². The number of nitrogens with zero attached hydrogens (tertiary/aromatic N) is 1. The number of ether oxygens (including phenoxy) is 1. The smallest absolute Gasteiger partial charge is 0.182 e. The van der Waals surface area contributed by atoms with Gasteiger partial charge in [-0.2, -0.15) is 0 Å². The second kappa shape index (κ2) is 5.90. The van der Waals surface area contributed by atoms with E-state index in [-0.39, 0.29) is 11.6 Å². The summed E-state index contributed by atoms with van der Waals surface area (Å²) in [4.78, 5) is 12.1. The molecule has 0 N–H and O–H groups in total. The summed E-state index contributed by atoms with van der Waals surface area (Å²) < 4.78 is 20.4. The summed E-state index contributed by atoms with van der Waals surface area (Å²) in [6, 6.07) is 6.11. The van der Waals surface area contributed by atoms with Crippen molar-refractivity contribution < 1.29 is 13.9 Å². The monoisotopic (exact) mass is 309 g/mol. The van der Waals surface area contributed by atoms with Crippen LogP contribution in [0.3, 0.4) is 0 Å². The minimum absolute atomic E-state index is 0.128. The molecule has 0 amide bonds. The molecule has 0 aliphatic rings. The number of hydrogen-bond donors (Lipinski definition) is 0. The lowest BCUT2D eigenvalue weighted by molar-refractivity contribution is 0.0991. The van der Waals surface area contributed by atoms with Gasteiger partial charge in [0, 0.05) is 23.0 Å². The van der Waals surface area contributed by atoms with E-state index in [4.69, 9.17) is 16.3 Å². The van der Waals surface area contributed by atoms with Crippen LogP contribution in [0.4, 0.5) is 4.39 Å². The normalized spacial score (nSPS) is 12.3. The van der Waals surface area contributed by atoms with Crippen LogP contribution in [0.5, 0.6) is 5.75 Å². The number of benzene rings is 1. The maximum Gasteiger partial charge on any atom is 0.182 e. The predicted octanol–water partition coefficient (Wildman–Crippen LogP) is 4.05. The molecule has 1 atom stereocenters. The number of Topliss-reactive ketones (excluding diaryl/α,β-unsaturated/α-hetero) is 1. The third kappa shape index (κ3) is 2.81.